The van der Waals surface area contributed by atoms with Crippen molar-refractivity contribution < 1.29 is 9.22 Å². The second-order valence-electron chi connectivity index (χ2n) is 5.07. The normalized spacial score (nSPS) is 14.3. The predicted molar refractivity (Wildman–Crippen MR) is 77.4 cm³/mol. The molecule has 104 valence electrons. The Kier molecular flexibility index (Phi) is 11.3. The third-order valence-corrected chi connectivity index (χ3v) is 3.33. The van der Waals surface area contributed by atoms with E-state index in [1.807, 2.05) is 0 Å². The summed E-state index contributed by atoms with van der Waals surface area (Å²) in [5, 5.41) is 8.66. The van der Waals surface area contributed by atoms with E-state index in [0.717, 1.165) is 19.3 Å². The summed E-state index contributed by atoms with van der Waals surface area (Å²) < 4.78 is 21.4. The zero-order chi connectivity index (χ0) is 15.1. The Morgan fingerprint density at radius 2 is 0.941 bits per heavy atom. The maximum absolute atomic E-state index is 8.66. The first kappa shape index (κ1) is 12.0. The zero-order valence-electron chi connectivity index (χ0n) is 14.6. The summed E-state index contributed by atoms with van der Waals surface area (Å²) in [5.41, 5.74) is 0. The van der Waals surface area contributed by atoms with Crippen molar-refractivity contribution in [3.8, 4) is 0 Å². The fraction of sp³-hybridized carbons (Fsp3) is 1.00. The van der Waals surface area contributed by atoms with Gasteiger partial charge in [-0.25, -0.2) is 0 Å². The molecule has 0 aliphatic heterocycles. The summed E-state index contributed by atoms with van der Waals surface area (Å²) in [5.74, 6) is 0. The maximum Gasteiger partial charge on any atom is 0.0431 e. The minimum absolute atomic E-state index is 0.340. The van der Waals surface area contributed by atoms with Gasteiger partial charge in [0.25, 0.3) is 0 Å². The molecule has 0 aromatic rings. The fourth-order valence-corrected chi connectivity index (χ4v) is 2.18. The van der Waals surface area contributed by atoms with Gasteiger partial charge in [0.1, 0.15) is 0 Å². The van der Waals surface area contributed by atoms with E-state index >= 15 is 0 Å². The van der Waals surface area contributed by atoms with E-state index in [1.165, 1.54) is 64.2 Å². The number of unbranched alkanes of at least 4 members (excludes halogenated alkanes) is 12. The van der Waals surface area contributed by atoms with Gasteiger partial charge in [-0.3, -0.25) is 0 Å². The smallest absolute Gasteiger partial charge is 0.0431 e. The highest BCUT2D eigenvalue weighted by Gasteiger charge is 1.93. The topological polar surface area (TPSA) is 20.2 Å². The number of aliphatic hydroxyl groups excluding tert-OH is 1. The summed E-state index contributed by atoms with van der Waals surface area (Å²) in [6.45, 7) is -1.39. The lowest BCUT2D eigenvalue weighted by atomic mass is 10.0. The first-order valence-electron chi connectivity index (χ1n) is 9.17. The molecule has 0 fully saturated rings. The molecule has 0 atom stereocenters. The molecule has 0 amide bonds. The molecule has 1 heteroatoms. The molecule has 1 nitrogen and oxygen atoms in total. The van der Waals surface area contributed by atoms with Crippen molar-refractivity contribution in [2.45, 2.75) is 96.7 Å². The second-order valence-corrected chi connectivity index (χ2v) is 5.07. The van der Waals surface area contributed by atoms with Crippen LogP contribution < -0.4 is 0 Å². The molecule has 17 heavy (non-hydrogen) atoms. The van der Waals surface area contributed by atoms with Crippen LogP contribution in [0.15, 0.2) is 0 Å². The van der Waals surface area contributed by atoms with Crippen molar-refractivity contribution in [3.63, 3.8) is 0 Å². The lowest BCUT2D eigenvalue weighted by Crippen LogP contribution is -1.84. The number of aliphatic hydroxyl groups is 1. The Bertz CT molecular complexity index is 193. The second kappa shape index (κ2) is 16.0. The molecule has 0 saturated heterocycles. The lowest BCUT2D eigenvalue weighted by Gasteiger charge is -2.02. The molecule has 0 unspecified atom stereocenters. The van der Waals surface area contributed by atoms with Gasteiger partial charge >= 0.3 is 0 Å². The van der Waals surface area contributed by atoms with Crippen molar-refractivity contribution in [3.05, 3.63) is 0 Å². The first-order chi connectivity index (χ1) is 9.56. The van der Waals surface area contributed by atoms with Crippen molar-refractivity contribution >= 4 is 0 Å². The molecule has 0 aromatic heterocycles. The van der Waals surface area contributed by atoms with Crippen LogP contribution in [0.3, 0.4) is 0 Å². The quantitative estimate of drug-likeness (QED) is 0.403. The van der Waals surface area contributed by atoms with Crippen molar-refractivity contribution in [1.29, 1.82) is 0 Å². The fourth-order valence-electron chi connectivity index (χ4n) is 2.18. The van der Waals surface area contributed by atoms with Gasteiger partial charge < -0.3 is 5.11 Å². The SMILES string of the molecule is [2H]C([2H])([2H])CCCCCCCCCCCCCCCO. The number of hydrogen-bond donors (Lipinski definition) is 1. The third kappa shape index (κ3) is 16.0. The minimum atomic E-state index is -1.73. The van der Waals surface area contributed by atoms with Crippen LogP contribution in [-0.2, 0) is 0 Å². The summed E-state index contributed by atoms with van der Waals surface area (Å²) in [4.78, 5) is 0. The van der Waals surface area contributed by atoms with Crippen LogP contribution in [0, 0.1) is 0 Å². The standard InChI is InChI=1S/C16H34O/c1-2-3-4-5-6-7-8-9-10-11-12-13-14-15-16-17/h17H,2-16H2,1H3/i1D3. The Hall–Kier alpha value is -0.0400. The van der Waals surface area contributed by atoms with Crippen LogP contribution in [0.1, 0.15) is 101 Å². The van der Waals surface area contributed by atoms with Crippen LogP contribution in [0.25, 0.3) is 0 Å². The van der Waals surface area contributed by atoms with Crippen LogP contribution in [0.5, 0.6) is 0 Å². The molecule has 0 spiro atoms. The maximum atomic E-state index is 8.66. The zero-order valence-corrected chi connectivity index (χ0v) is 11.6. The van der Waals surface area contributed by atoms with Crippen LogP contribution >= 0.6 is 0 Å². The molecule has 0 aliphatic carbocycles. The van der Waals surface area contributed by atoms with E-state index < -0.39 is 6.85 Å². The molecular weight excluding hydrogens is 208 g/mol. The average molecular weight is 245 g/mol. The van der Waals surface area contributed by atoms with Gasteiger partial charge in [-0.15, -0.1) is 0 Å². The summed E-state index contributed by atoms with van der Waals surface area (Å²) in [7, 11) is 0. The van der Waals surface area contributed by atoms with Gasteiger partial charge in [0.2, 0.25) is 0 Å². The van der Waals surface area contributed by atoms with Crippen molar-refractivity contribution in [2.75, 3.05) is 6.61 Å². The summed E-state index contributed by atoms with van der Waals surface area (Å²) >= 11 is 0. The Balaban J connectivity index is 2.99. The van der Waals surface area contributed by atoms with Crippen LogP contribution in [-0.4, -0.2) is 11.7 Å². The van der Waals surface area contributed by atoms with Crippen LogP contribution in [0.2, 0.25) is 0 Å². The number of hydrogen-bond acceptors (Lipinski definition) is 1. The molecule has 0 saturated carbocycles. The van der Waals surface area contributed by atoms with E-state index in [1.54, 1.807) is 0 Å². The molecule has 0 aromatic carbocycles. The molecule has 0 heterocycles. The molecule has 1 N–H and O–H groups in total. The Morgan fingerprint density at radius 1 is 0.588 bits per heavy atom. The highest BCUT2D eigenvalue weighted by atomic mass is 16.2. The lowest BCUT2D eigenvalue weighted by molar-refractivity contribution is 0.282. The van der Waals surface area contributed by atoms with E-state index in [0.29, 0.717) is 13.0 Å². The summed E-state index contributed by atoms with van der Waals surface area (Å²) in [6, 6.07) is 0. The number of rotatable bonds is 14. The monoisotopic (exact) mass is 245 g/mol. The van der Waals surface area contributed by atoms with Crippen molar-refractivity contribution in [2.24, 2.45) is 0 Å². The third-order valence-electron chi connectivity index (χ3n) is 3.33. The molecule has 0 radical (unpaired) electrons. The van der Waals surface area contributed by atoms with E-state index in [4.69, 9.17) is 9.22 Å². The largest absolute Gasteiger partial charge is 0.396 e. The predicted octanol–water partition coefficient (Wildman–Crippen LogP) is 5.46. The van der Waals surface area contributed by atoms with E-state index in [-0.39, 0.29) is 0 Å². The highest BCUT2D eigenvalue weighted by Crippen LogP contribution is 2.12. The van der Waals surface area contributed by atoms with E-state index in [2.05, 4.69) is 0 Å². The van der Waals surface area contributed by atoms with Gasteiger partial charge in [-0.2, -0.15) is 0 Å². The van der Waals surface area contributed by atoms with Gasteiger partial charge in [-0.1, -0.05) is 90.3 Å². The Morgan fingerprint density at radius 3 is 1.29 bits per heavy atom. The van der Waals surface area contributed by atoms with Gasteiger partial charge in [0.15, 0.2) is 0 Å². The van der Waals surface area contributed by atoms with Gasteiger partial charge in [-0.05, 0) is 6.42 Å². The van der Waals surface area contributed by atoms with Crippen LogP contribution in [0.4, 0.5) is 0 Å². The molecular formula is C16H34O. The molecule has 0 bridgehead atoms. The van der Waals surface area contributed by atoms with Gasteiger partial charge in [0.05, 0.1) is 0 Å². The van der Waals surface area contributed by atoms with Crippen molar-refractivity contribution in [1.82, 2.24) is 0 Å². The summed E-state index contributed by atoms with van der Waals surface area (Å²) in [6.07, 6.45) is 16.1. The minimum Gasteiger partial charge on any atom is -0.396 e. The first-order valence-corrected chi connectivity index (χ1v) is 7.67. The Labute approximate surface area is 113 Å². The average Bonchev–Trinajstić information content (AvgIpc) is 2.38. The highest BCUT2D eigenvalue weighted by molar-refractivity contribution is 4.48. The molecule has 0 rings (SSSR count). The van der Waals surface area contributed by atoms with E-state index in [9.17, 15) is 0 Å². The van der Waals surface area contributed by atoms with Gasteiger partial charge in [0, 0.05) is 10.7 Å². The molecule has 0 aliphatic rings.